The number of hydrogen-bond acceptors (Lipinski definition) is 6. The van der Waals surface area contributed by atoms with Crippen molar-refractivity contribution in [2.45, 2.75) is 244 Å². The molecule has 3 atom stereocenters. The molecule has 0 spiro atoms. The van der Waals surface area contributed by atoms with E-state index in [1.807, 2.05) is 6.08 Å². The minimum absolute atomic E-state index is 0.0760. The molecule has 0 aliphatic rings. The van der Waals surface area contributed by atoms with Crippen molar-refractivity contribution in [3.05, 3.63) is 24.3 Å². The fourth-order valence-corrected chi connectivity index (χ4v) is 7.73. The summed E-state index contributed by atoms with van der Waals surface area (Å²) in [6.07, 6.45) is 49.5. The number of unbranched alkanes of at least 4 members (excludes halogenated alkanes) is 30. The zero-order chi connectivity index (χ0) is 40.3. The van der Waals surface area contributed by atoms with Crippen LogP contribution in [0.15, 0.2) is 24.3 Å². The van der Waals surface area contributed by atoms with E-state index in [0.717, 1.165) is 38.5 Å². The van der Waals surface area contributed by atoms with Crippen molar-refractivity contribution >= 4 is 13.7 Å². The highest BCUT2D eigenvalue weighted by atomic mass is 31.2. The quantitative estimate of drug-likeness (QED) is 0.0274. The molecule has 8 nitrogen and oxygen atoms in total. The zero-order valence-corrected chi connectivity index (χ0v) is 37.1. The number of allylic oxidation sites excluding steroid dienone is 3. The Kier molecular flexibility index (Phi) is 41.8. The van der Waals surface area contributed by atoms with Crippen molar-refractivity contribution in [1.82, 2.24) is 5.32 Å². The number of aliphatic hydroxyl groups is 1. The summed E-state index contributed by atoms with van der Waals surface area (Å²) in [6.45, 7) is 4.14. The summed E-state index contributed by atoms with van der Waals surface area (Å²) in [5, 5.41) is 13.7. The topological polar surface area (TPSA) is 131 Å². The second kappa shape index (κ2) is 42.6. The Labute approximate surface area is 340 Å². The molecule has 3 unspecified atom stereocenters. The molecule has 0 heterocycles. The van der Waals surface area contributed by atoms with Crippen LogP contribution in [0.1, 0.15) is 232 Å². The number of rotatable bonds is 44. The number of aliphatic hydroxyl groups excluding tert-OH is 1. The number of nitrogens with two attached hydrogens (primary N) is 1. The lowest BCUT2D eigenvalue weighted by atomic mass is 10.0. The molecule has 0 aromatic carbocycles. The van der Waals surface area contributed by atoms with Gasteiger partial charge in [-0.1, -0.05) is 218 Å². The third-order valence-corrected chi connectivity index (χ3v) is 11.5. The van der Waals surface area contributed by atoms with Crippen molar-refractivity contribution < 1.29 is 28.4 Å². The lowest BCUT2D eigenvalue weighted by Gasteiger charge is -2.23. The largest absolute Gasteiger partial charge is 0.472 e. The van der Waals surface area contributed by atoms with Gasteiger partial charge in [-0.25, -0.2) is 4.57 Å². The van der Waals surface area contributed by atoms with E-state index in [0.29, 0.717) is 6.42 Å². The van der Waals surface area contributed by atoms with Crippen LogP contribution >= 0.6 is 7.82 Å². The molecule has 9 heteroatoms. The molecule has 0 fully saturated rings. The lowest BCUT2D eigenvalue weighted by Crippen LogP contribution is -2.45. The number of carbonyl (C=O) groups is 1. The first kappa shape index (κ1) is 54.0. The number of nitrogens with one attached hydrogen (secondary N) is 1. The molecular formula is C46H91N2O6P. The smallest absolute Gasteiger partial charge is 0.387 e. The normalized spacial score (nSPS) is 14.2. The van der Waals surface area contributed by atoms with E-state index in [-0.39, 0.29) is 25.7 Å². The van der Waals surface area contributed by atoms with Gasteiger partial charge in [-0.2, -0.15) is 0 Å². The number of carbonyl (C=O) groups excluding carboxylic acids is 1. The molecule has 0 aromatic heterocycles. The Bertz CT molecular complexity index is 917. The Balaban J connectivity index is 4.19. The van der Waals surface area contributed by atoms with Crippen LogP contribution in [0.25, 0.3) is 0 Å². The molecule has 0 radical (unpaired) electrons. The van der Waals surface area contributed by atoms with E-state index in [4.69, 9.17) is 14.8 Å². The number of hydrogen-bond donors (Lipinski definition) is 4. The van der Waals surface area contributed by atoms with Gasteiger partial charge in [0.15, 0.2) is 0 Å². The molecule has 0 bridgehead atoms. The van der Waals surface area contributed by atoms with Crippen molar-refractivity contribution in [1.29, 1.82) is 0 Å². The Morgan fingerprint density at radius 1 is 0.582 bits per heavy atom. The molecule has 326 valence electrons. The van der Waals surface area contributed by atoms with Gasteiger partial charge in [-0.3, -0.25) is 13.8 Å². The molecule has 5 N–H and O–H groups in total. The van der Waals surface area contributed by atoms with Crippen LogP contribution in [0, 0.1) is 0 Å². The summed E-state index contributed by atoms with van der Waals surface area (Å²) < 4.78 is 22.1. The molecular weight excluding hydrogens is 707 g/mol. The van der Waals surface area contributed by atoms with Crippen LogP contribution in [0.5, 0.6) is 0 Å². The van der Waals surface area contributed by atoms with Crippen molar-refractivity contribution in [3.63, 3.8) is 0 Å². The Hall–Kier alpha value is -1.02. The molecule has 55 heavy (non-hydrogen) atoms. The van der Waals surface area contributed by atoms with Crippen molar-refractivity contribution in [2.24, 2.45) is 5.73 Å². The monoisotopic (exact) mass is 799 g/mol. The molecule has 0 saturated heterocycles. The third kappa shape index (κ3) is 41.0. The molecule has 0 aliphatic carbocycles. The van der Waals surface area contributed by atoms with E-state index in [2.05, 4.69) is 31.3 Å². The summed E-state index contributed by atoms with van der Waals surface area (Å²) in [6, 6.07) is -0.873. The van der Waals surface area contributed by atoms with Gasteiger partial charge in [0.2, 0.25) is 5.91 Å². The minimum Gasteiger partial charge on any atom is -0.387 e. The minimum atomic E-state index is -4.34. The Morgan fingerprint density at radius 3 is 1.40 bits per heavy atom. The highest BCUT2D eigenvalue weighted by Crippen LogP contribution is 2.43. The fourth-order valence-electron chi connectivity index (χ4n) is 6.97. The number of amides is 1. The van der Waals surface area contributed by atoms with Gasteiger partial charge in [0.25, 0.3) is 0 Å². The maximum atomic E-state index is 12.8. The molecule has 0 aromatic rings. The SMILES string of the molecule is CCCCCCCCCCCCCCCC/C=C/CC/C=C/C(O)C(COP(=O)(O)OCCN)NC(=O)CCCCCCCCCCCCCCCCCC. The van der Waals surface area contributed by atoms with E-state index in [1.165, 1.54) is 173 Å². The van der Waals surface area contributed by atoms with Gasteiger partial charge in [-0.05, 0) is 32.1 Å². The first-order chi connectivity index (χ1) is 26.9. The van der Waals surface area contributed by atoms with Gasteiger partial charge < -0.3 is 21.1 Å². The van der Waals surface area contributed by atoms with Crippen LogP contribution in [0.4, 0.5) is 0 Å². The number of phosphoric acid groups is 1. The van der Waals surface area contributed by atoms with Crippen molar-refractivity contribution in [3.8, 4) is 0 Å². The first-order valence-electron chi connectivity index (χ1n) is 23.5. The summed E-state index contributed by atoms with van der Waals surface area (Å²) in [5.41, 5.74) is 5.38. The fraction of sp³-hybridized carbons (Fsp3) is 0.891. The second-order valence-electron chi connectivity index (χ2n) is 16.0. The highest BCUT2D eigenvalue weighted by Gasteiger charge is 2.26. The van der Waals surface area contributed by atoms with Gasteiger partial charge in [0, 0.05) is 13.0 Å². The van der Waals surface area contributed by atoms with Crippen LogP contribution in [-0.2, 0) is 18.4 Å². The van der Waals surface area contributed by atoms with Gasteiger partial charge >= 0.3 is 7.82 Å². The van der Waals surface area contributed by atoms with Crippen LogP contribution in [0.2, 0.25) is 0 Å². The molecule has 0 aliphatic heterocycles. The van der Waals surface area contributed by atoms with Gasteiger partial charge in [0.1, 0.15) is 0 Å². The summed E-state index contributed by atoms with van der Waals surface area (Å²) in [7, 11) is -4.34. The van der Waals surface area contributed by atoms with E-state index >= 15 is 0 Å². The lowest BCUT2D eigenvalue weighted by molar-refractivity contribution is -0.123. The standard InChI is InChI=1S/C46H91N2O6P/c1-3-5-7-9-11-13-15-17-19-21-22-23-24-25-27-29-31-33-35-37-39-45(49)44(43-54-55(51,52)53-42-41-47)48-46(50)40-38-36-34-32-30-28-26-20-18-16-14-12-10-8-6-4-2/h29,31,37,39,44-45,49H,3-28,30,32-36,38,40-43,47H2,1-2H3,(H,48,50)(H,51,52)/b31-29+,39-37+. The second-order valence-corrected chi connectivity index (χ2v) is 17.4. The zero-order valence-electron chi connectivity index (χ0n) is 36.2. The molecule has 1 amide bonds. The van der Waals surface area contributed by atoms with Crippen LogP contribution in [-0.4, -0.2) is 47.8 Å². The highest BCUT2D eigenvalue weighted by molar-refractivity contribution is 7.47. The van der Waals surface area contributed by atoms with Crippen LogP contribution in [0.3, 0.4) is 0 Å². The average molecular weight is 799 g/mol. The third-order valence-electron chi connectivity index (χ3n) is 10.5. The maximum absolute atomic E-state index is 12.8. The van der Waals surface area contributed by atoms with E-state index in [1.54, 1.807) is 6.08 Å². The average Bonchev–Trinajstić information content (AvgIpc) is 3.17. The van der Waals surface area contributed by atoms with Gasteiger partial charge in [-0.15, -0.1) is 0 Å². The maximum Gasteiger partial charge on any atom is 0.472 e. The predicted octanol–water partition coefficient (Wildman–Crippen LogP) is 13.3. The number of phosphoric ester groups is 1. The van der Waals surface area contributed by atoms with E-state index < -0.39 is 20.0 Å². The van der Waals surface area contributed by atoms with Crippen LogP contribution < -0.4 is 11.1 Å². The molecule has 0 saturated carbocycles. The first-order valence-corrected chi connectivity index (χ1v) is 25.0. The van der Waals surface area contributed by atoms with Gasteiger partial charge in [0.05, 0.1) is 25.4 Å². The van der Waals surface area contributed by atoms with Crippen molar-refractivity contribution in [2.75, 3.05) is 19.8 Å². The summed E-state index contributed by atoms with van der Waals surface area (Å²) in [4.78, 5) is 22.7. The Morgan fingerprint density at radius 2 is 0.964 bits per heavy atom. The summed E-state index contributed by atoms with van der Waals surface area (Å²) >= 11 is 0. The predicted molar refractivity (Wildman–Crippen MR) is 235 cm³/mol. The summed E-state index contributed by atoms with van der Waals surface area (Å²) in [5.74, 6) is -0.200. The van der Waals surface area contributed by atoms with E-state index in [9.17, 15) is 19.4 Å². The molecule has 0 rings (SSSR count).